The Morgan fingerprint density at radius 3 is 2.95 bits per heavy atom. The Morgan fingerprint density at radius 1 is 1.25 bits per heavy atom. The van der Waals surface area contributed by atoms with Crippen LogP contribution in [0.25, 0.3) is 0 Å². The Kier molecular flexibility index (Phi) is 3.87. The highest BCUT2D eigenvalue weighted by molar-refractivity contribution is 5.54. The Bertz CT molecular complexity index is 578. The summed E-state index contributed by atoms with van der Waals surface area (Å²) in [6.07, 6.45) is 5.82. The molecule has 1 aliphatic heterocycles. The van der Waals surface area contributed by atoms with Gasteiger partial charge in [0.15, 0.2) is 5.82 Å². The average molecular weight is 269 g/mol. The minimum Gasteiger partial charge on any atom is -0.323 e. The van der Waals surface area contributed by atoms with Crippen LogP contribution < -0.4 is 10.6 Å². The molecule has 2 N–H and O–H groups in total. The van der Waals surface area contributed by atoms with Gasteiger partial charge in [0.2, 0.25) is 0 Å². The molecule has 2 aromatic rings. The Morgan fingerprint density at radius 2 is 2.15 bits per heavy atom. The van der Waals surface area contributed by atoms with Gasteiger partial charge in [-0.1, -0.05) is 6.07 Å². The molecule has 0 bridgehead atoms. The SMILES string of the molecule is Cc1cccc(Nc2nccnc2[C@H]2CCCNC2)n1. The molecule has 20 heavy (non-hydrogen) atoms. The van der Waals surface area contributed by atoms with Crippen LogP contribution in [-0.4, -0.2) is 28.0 Å². The molecule has 0 radical (unpaired) electrons. The van der Waals surface area contributed by atoms with E-state index < -0.39 is 0 Å². The van der Waals surface area contributed by atoms with E-state index in [0.717, 1.165) is 42.5 Å². The lowest BCUT2D eigenvalue weighted by Crippen LogP contribution is -2.29. The predicted octanol–water partition coefficient (Wildman–Crippen LogP) is 2.39. The molecule has 5 heteroatoms. The van der Waals surface area contributed by atoms with Crippen molar-refractivity contribution in [2.75, 3.05) is 18.4 Å². The third-order valence-electron chi connectivity index (χ3n) is 3.54. The van der Waals surface area contributed by atoms with Gasteiger partial charge in [0, 0.05) is 30.6 Å². The lowest BCUT2D eigenvalue weighted by molar-refractivity contribution is 0.455. The molecule has 104 valence electrons. The number of rotatable bonds is 3. The molecule has 0 amide bonds. The van der Waals surface area contributed by atoms with Gasteiger partial charge in [0.1, 0.15) is 5.82 Å². The summed E-state index contributed by atoms with van der Waals surface area (Å²) in [5.41, 5.74) is 2.02. The molecular formula is C15H19N5. The van der Waals surface area contributed by atoms with E-state index in [-0.39, 0.29) is 0 Å². The molecule has 0 saturated carbocycles. The number of aromatic nitrogens is 3. The van der Waals surface area contributed by atoms with Gasteiger partial charge < -0.3 is 10.6 Å². The Hall–Kier alpha value is -2.01. The third kappa shape index (κ3) is 2.93. The zero-order valence-electron chi connectivity index (χ0n) is 11.6. The average Bonchev–Trinajstić information content (AvgIpc) is 2.49. The number of aryl methyl sites for hydroxylation is 1. The Balaban J connectivity index is 1.85. The summed E-state index contributed by atoms with van der Waals surface area (Å²) >= 11 is 0. The highest BCUT2D eigenvalue weighted by atomic mass is 15.1. The number of hydrogen-bond acceptors (Lipinski definition) is 5. The van der Waals surface area contributed by atoms with Crippen molar-refractivity contribution >= 4 is 11.6 Å². The molecular weight excluding hydrogens is 250 g/mol. The van der Waals surface area contributed by atoms with Crippen LogP contribution in [0.3, 0.4) is 0 Å². The smallest absolute Gasteiger partial charge is 0.153 e. The van der Waals surface area contributed by atoms with Gasteiger partial charge in [-0.2, -0.15) is 0 Å². The van der Waals surface area contributed by atoms with Gasteiger partial charge >= 0.3 is 0 Å². The fourth-order valence-electron chi connectivity index (χ4n) is 2.56. The summed E-state index contributed by atoms with van der Waals surface area (Å²) in [7, 11) is 0. The van der Waals surface area contributed by atoms with Crippen molar-refractivity contribution in [3.8, 4) is 0 Å². The normalized spacial score (nSPS) is 18.8. The molecule has 1 fully saturated rings. The number of nitrogens with one attached hydrogen (secondary N) is 2. The van der Waals surface area contributed by atoms with Crippen LogP contribution in [-0.2, 0) is 0 Å². The van der Waals surface area contributed by atoms with Crippen LogP contribution >= 0.6 is 0 Å². The second-order valence-corrected chi connectivity index (χ2v) is 5.12. The quantitative estimate of drug-likeness (QED) is 0.896. The van der Waals surface area contributed by atoms with E-state index in [2.05, 4.69) is 25.6 Å². The van der Waals surface area contributed by atoms with Crippen molar-refractivity contribution in [2.45, 2.75) is 25.7 Å². The van der Waals surface area contributed by atoms with E-state index in [9.17, 15) is 0 Å². The van der Waals surface area contributed by atoms with Crippen LogP contribution in [0.15, 0.2) is 30.6 Å². The van der Waals surface area contributed by atoms with Crippen LogP contribution in [0.5, 0.6) is 0 Å². The molecule has 1 atom stereocenters. The van der Waals surface area contributed by atoms with Crippen LogP contribution in [0, 0.1) is 6.92 Å². The van der Waals surface area contributed by atoms with E-state index in [1.54, 1.807) is 12.4 Å². The van der Waals surface area contributed by atoms with Crippen molar-refractivity contribution in [3.05, 3.63) is 42.0 Å². The highest BCUT2D eigenvalue weighted by Gasteiger charge is 2.20. The maximum atomic E-state index is 4.53. The molecule has 3 heterocycles. The molecule has 5 nitrogen and oxygen atoms in total. The summed E-state index contributed by atoms with van der Waals surface area (Å²) < 4.78 is 0. The molecule has 1 aliphatic rings. The van der Waals surface area contributed by atoms with Gasteiger partial charge in [-0.3, -0.25) is 4.98 Å². The molecule has 0 spiro atoms. The summed E-state index contributed by atoms with van der Waals surface area (Å²) in [5, 5.41) is 6.72. The molecule has 0 aromatic carbocycles. The van der Waals surface area contributed by atoms with Crippen LogP contribution in [0.4, 0.5) is 11.6 Å². The summed E-state index contributed by atoms with van der Waals surface area (Å²) in [4.78, 5) is 13.4. The standard InChI is InChI=1S/C15H19N5/c1-11-4-2-6-13(19-11)20-15-14(17-8-9-18-15)12-5-3-7-16-10-12/h2,4,6,8-9,12,16H,3,5,7,10H2,1H3,(H,18,19,20)/t12-/m0/s1. The fourth-order valence-corrected chi connectivity index (χ4v) is 2.56. The number of nitrogens with zero attached hydrogens (tertiary/aromatic N) is 3. The van der Waals surface area contributed by atoms with Crippen molar-refractivity contribution in [1.82, 2.24) is 20.3 Å². The second-order valence-electron chi connectivity index (χ2n) is 5.12. The van der Waals surface area contributed by atoms with Crippen molar-refractivity contribution in [3.63, 3.8) is 0 Å². The largest absolute Gasteiger partial charge is 0.323 e. The molecule has 1 saturated heterocycles. The predicted molar refractivity (Wildman–Crippen MR) is 79.1 cm³/mol. The minimum atomic E-state index is 0.421. The minimum absolute atomic E-state index is 0.421. The first kappa shape index (κ1) is 13.0. The maximum absolute atomic E-state index is 4.53. The first-order valence-electron chi connectivity index (χ1n) is 7.05. The van der Waals surface area contributed by atoms with Crippen molar-refractivity contribution in [1.29, 1.82) is 0 Å². The fraction of sp³-hybridized carbons (Fsp3) is 0.400. The Labute approximate surface area is 118 Å². The lowest BCUT2D eigenvalue weighted by atomic mass is 9.96. The topological polar surface area (TPSA) is 62.7 Å². The maximum Gasteiger partial charge on any atom is 0.153 e. The highest BCUT2D eigenvalue weighted by Crippen LogP contribution is 2.27. The van der Waals surface area contributed by atoms with Crippen molar-refractivity contribution in [2.24, 2.45) is 0 Å². The lowest BCUT2D eigenvalue weighted by Gasteiger charge is -2.23. The number of piperidine rings is 1. The van der Waals surface area contributed by atoms with E-state index in [1.807, 2.05) is 25.1 Å². The summed E-state index contributed by atoms with van der Waals surface area (Å²) in [5.74, 6) is 2.06. The third-order valence-corrected chi connectivity index (χ3v) is 3.54. The zero-order chi connectivity index (χ0) is 13.8. The van der Waals surface area contributed by atoms with E-state index in [0.29, 0.717) is 5.92 Å². The van der Waals surface area contributed by atoms with Gasteiger partial charge in [-0.25, -0.2) is 9.97 Å². The number of pyridine rings is 1. The van der Waals surface area contributed by atoms with Gasteiger partial charge in [-0.05, 0) is 38.4 Å². The van der Waals surface area contributed by atoms with Gasteiger partial charge in [-0.15, -0.1) is 0 Å². The number of anilines is 2. The van der Waals surface area contributed by atoms with E-state index >= 15 is 0 Å². The van der Waals surface area contributed by atoms with Crippen LogP contribution in [0.1, 0.15) is 30.1 Å². The molecule has 2 aromatic heterocycles. The second kappa shape index (κ2) is 5.96. The van der Waals surface area contributed by atoms with E-state index in [1.165, 1.54) is 6.42 Å². The monoisotopic (exact) mass is 269 g/mol. The zero-order valence-corrected chi connectivity index (χ0v) is 11.6. The summed E-state index contributed by atoms with van der Waals surface area (Å²) in [6.45, 7) is 4.04. The summed E-state index contributed by atoms with van der Waals surface area (Å²) in [6, 6.07) is 5.92. The first-order chi connectivity index (χ1) is 9.83. The molecule has 0 unspecified atom stereocenters. The van der Waals surface area contributed by atoms with Crippen LogP contribution in [0.2, 0.25) is 0 Å². The van der Waals surface area contributed by atoms with Crippen molar-refractivity contribution < 1.29 is 0 Å². The molecule has 3 rings (SSSR count). The van der Waals surface area contributed by atoms with E-state index in [4.69, 9.17) is 0 Å². The number of hydrogen-bond donors (Lipinski definition) is 2. The van der Waals surface area contributed by atoms with Gasteiger partial charge in [0.05, 0.1) is 5.69 Å². The first-order valence-corrected chi connectivity index (χ1v) is 7.05. The molecule has 0 aliphatic carbocycles. The van der Waals surface area contributed by atoms with Gasteiger partial charge in [0.25, 0.3) is 0 Å².